The van der Waals surface area contributed by atoms with Gasteiger partial charge in [-0.2, -0.15) is 0 Å². The maximum absolute atomic E-state index is 12.0. The molecule has 4 rings (SSSR count). The number of carbonyl (C=O) groups is 2. The molecule has 0 heterocycles. The molecule has 0 aromatic rings. The third-order valence-electron chi connectivity index (χ3n) is 9.43. The van der Waals surface area contributed by atoms with Crippen LogP contribution >= 0.6 is 0 Å². The topological polar surface area (TPSA) is 66.4 Å². The number of nitrogens with one attached hydrogen (secondary N) is 1. The minimum Gasteiger partial charge on any atom is -0.387 e. The molecule has 4 nitrogen and oxygen atoms in total. The average molecular weight is 362 g/mol. The molecule has 0 aromatic carbocycles. The average Bonchev–Trinajstić information content (AvgIpc) is 2.86. The lowest BCUT2D eigenvalue weighted by atomic mass is 9.44. The fourth-order valence-corrected chi connectivity index (χ4v) is 7.72. The van der Waals surface area contributed by atoms with E-state index in [1.165, 1.54) is 26.2 Å². The van der Waals surface area contributed by atoms with Crippen molar-refractivity contribution in [3.8, 4) is 0 Å². The largest absolute Gasteiger partial charge is 0.387 e. The van der Waals surface area contributed by atoms with Gasteiger partial charge in [0.05, 0.1) is 5.60 Å². The maximum Gasteiger partial charge on any atom is 0.216 e. The van der Waals surface area contributed by atoms with E-state index in [1.54, 1.807) is 0 Å². The van der Waals surface area contributed by atoms with Crippen LogP contribution in [0.15, 0.2) is 0 Å². The number of rotatable bonds is 2. The van der Waals surface area contributed by atoms with E-state index >= 15 is 0 Å². The summed E-state index contributed by atoms with van der Waals surface area (Å²) in [5, 5.41) is 14.3. The number of hydrogen-bond donors (Lipinski definition) is 2. The third kappa shape index (κ3) is 2.51. The number of aliphatic hydroxyl groups is 1. The predicted molar refractivity (Wildman–Crippen MR) is 100 cm³/mol. The lowest BCUT2D eigenvalue weighted by Gasteiger charge is -2.61. The molecule has 146 valence electrons. The molecule has 4 aliphatic carbocycles. The predicted octanol–water partition coefficient (Wildman–Crippen LogP) is 3.47. The van der Waals surface area contributed by atoms with Gasteiger partial charge in [0, 0.05) is 31.7 Å². The second-order valence-corrected chi connectivity index (χ2v) is 10.3. The minimum absolute atomic E-state index is 0.0564. The first kappa shape index (κ1) is 18.5. The highest BCUT2D eigenvalue weighted by molar-refractivity contribution is 5.79. The molecule has 4 saturated carbocycles. The van der Waals surface area contributed by atoms with Crippen molar-refractivity contribution >= 4 is 11.7 Å². The van der Waals surface area contributed by atoms with Gasteiger partial charge in [0.25, 0.3) is 0 Å². The number of hydrogen-bond acceptors (Lipinski definition) is 3. The molecule has 0 spiro atoms. The number of Topliss-reactive ketones (excluding diaryl/α,β-unsaturated/α-hetero) is 1. The summed E-state index contributed by atoms with van der Waals surface area (Å²) < 4.78 is 0. The first-order valence-corrected chi connectivity index (χ1v) is 10.7. The molecule has 0 aliphatic heterocycles. The van der Waals surface area contributed by atoms with Crippen molar-refractivity contribution in [2.45, 2.75) is 84.2 Å². The highest BCUT2D eigenvalue weighted by atomic mass is 16.3. The zero-order chi connectivity index (χ0) is 18.7. The summed E-state index contributed by atoms with van der Waals surface area (Å²) >= 11 is 0. The standard InChI is InChI=1S/C22H35NO3/c1-14(24)23-13-22(26)11-8-19-17-5-4-15-12-16(25)6-9-20(15,2)18(17)7-10-21(19,22)3/h15,17-19,26H,4-13H2,1-3H3,(H,23,24)/t15-,17+,18-,19-,20-,21-,22+/m0/s1. The van der Waals surface area contributed by atoms with Crippen LogP contribution in [0.3, 0.4) is 0 Å². The summed E-state index contributed by atoms with van der Waals surface area (Å²) in [6.45, 7) is 6.66. The number of amides is 1. The van der Waals surface area contributed by atoms with E-state index < -0.39 is 5.60 Å². The quantitative estimate of drug-likeness (QED) is 0.791. The Balaban J connectivity index is 1.58. The highest BCUT2D eigenvalue weighted by Crippen LogP contribution is 2.67. The van der Waals surface area contributed by atoms with E-state index in [-0.39, 0.29) is 11.3 Å². The molecule has 0 bridgehead atoms. The van der Waals surface area contributed by atoms with Gasteiger partial charge in [-0.15, -0.1) is 0 Å². The Bertz CT molecular complexity index is 619. The van der Waals surface area contributed by atoms with E-state index in [4.69, 9.17) is 0 Å². The zero-order valence-electron chi connectivity index (χ0n) is 16.6. The Hall–Kier alpha value is -0.900. The normalized spacial score (nSPS) is 50.5. The van der Waals surface area contributed by atoms with Crippen molar-refractivity contribution in [2.75, 3.05) is 6.54 Å². The number of carbonyl (C=O) groups excluding carboxylic acids is 2. The molecule has 2 N–H and O–H groups in total. The zero-order valence-corrected chi connectivity index (χ0v) is 16.6. The Morgan fingerprint density at radius 2 is 1.85 bits per heavy atom. The monoisotopic (exact) mass is 361 g/mol. The minimum atomic E-state index is -0.769. The second-order valence-electron chi connectivity index (χ2n) is 10.3. The molecular weight excluding hydrogens is 326 g/mol. The molecule has 4 aliphatic rings. The van der Waals surface area contributed by atoms with Gasteiger partial charge in [-0.25, -0.2) is 0 Å². The van der Waals surface area contributed by atoms with Gasteiger partial charge in [-0.05, 0) is 74.0 Å². The van der Waals surface area contributed by atoms with Crippen LogP contribution in [0.1, 0.15) is 78.6 Å². The number of fused-ring (bicyclic) bond motifs is 5. The molecule has 4 fully saturated rings. The molecule has 0 unspecified atom stereocenters. The molecular formula is C22H35NO3. The molecule has 0 saturated heterocycles. The molecule has 26 heavy (non-hydrogen) atoms. The molecule has 7 atom stereocenters. The van der Waals surface area contributed by atoms with E-state index in [1.807, 2.05) is 0 Å². The van der Waals surface area contributed by atoms with E-state index in [9.17, 15) is 14.7 Å². The fraction of sp³-hybridized carbons (Fsp3) is 0.909. The Kier molecular flexibility index (Phi) is 4.30. The van der Waals surface area contributed by atoms with Gasteiger partial charge >= 0.3 is 0 Å². The third-order valence-corrected chi connectivity index (χ3v) is 9.43. The fourth-order valence-electron chi connectivity index (χ4n) is 7.72. The summed E-state index contributed by atoms with van der Waals surface area (Å²) in [5.74, 6) is 2.92. The van der Waals surface area contributed by atoms with Crippen LogP contribution in [0.25, 0.3) is 0 Å². The van der Waals surface area contributed by atoms with Crippen molar-refractivity contribution in [1.82, 2.24) is 5.32 Å². The van der Waals surface area contributed by atoms with Crippen molar-refractivity contribution in [1.29, 1.82) is 0 Å². The van der Waals surface area contributed by atoms with Crippen LogP contribution in [0.5, 0.6) is 0 Å². The van der Waals surface area contributed by atoms with Crippen LogP contribution in [-0.2, 0) is 9.59 Å². The lowest BCUT2D eigenvalue weighted by Crippen LogP contribution is -2.59. The lowest BCUT2D eigenvalue weighted by molar-refractivity contribution is -0.156. The van der Waals surface area contributed by atoms with Crippen molar-refractivity contribution < 1.29 is 14.7 Å². The Morgan fingerprint density at radius 1 is 1.12 bits per heavy atom. The van der Waals surface area contributed by atoms with Crippen LogP contribution in [0, 0.1) is 34.5 Å². The summed E-state index contributed by atoms with van der Waals surface area (Å²) in [6.07, 6.45) is 9.13. The van der Waals surface area contributed by atoms with Crippen LogP contribution < -0.4 is 5.32 Å². The molecule has 0 radical (unpaired) electrons. The van der Waals surface area contributed by atoms with Crippen molar-refractivity contribution in [3.05, 3.63) is 0 Å². The molecule has 4 heteroatoms. The molecule has 1 amide bonds. The van der Waals surface area contributed by atoms with Gasteiger partial charge < -0.3 is 10.4 Å². The van der Waals surface area contributed by atoms with E-state index in [0.29, 0.717) is 41.4 Å². The highest BCUT2D eigenvalue weighted by Gasteiger charge is 2.64. The smallest absolute Gasteiger partial charge is 0.216 e. The SMILES string of the molecule is CC(=O)NC[C@]1(O)CC[C@H]2[C@@H]3CC[C@H]4CC(=O)CC[C@]4(C)[C@H]3CC[C@@]21C. The summed E-state index contributed by atoms with van der Waals surface area (Å²) in [5.41, 5.74) is -0.546. The van der Waals surface area contributed by atoms with E-state index in [2.05, 4.69) is 19.2 Å². The van der Waals surface area contributed by atoms with Gasteiger partial charge in [0.1, 0.15) is 5.78 Å². The first-order chi connectivity index (χ1) is 12.2. The van der Waals surface area contributed by atoms with Gasteiger partial charge in [-0.1, -0.05) is 13.8 Å². The summed E-state index contributed by atoms with van der Waals surface area (Å²) in [7, 11) is 0. The van der Waals surface area contributed by atoms with Gasteiger partial charge in [0.2, 0.25) is 5.91 Å². The van der Waals surface area contributed by atoms with Crippen molar-refractivity contribution in [3.63, 3.8) is 0 Å². The maximum atomic E-state index is 12.0. The van der Waals surface area contributed by atoms with E-state index in [0.717, 1.165) is 38.5 Å². The second kappa shape index (κ2) is 6.05. The van der Waals surface area contributed by atoms with Crippen LogP contribution in [0.4, 0.5) is 0 Å². The molecule has 0 aromatic heterocycles. The first-order valence-electron chi connectivity index (χ1n) is 10.7. The summed E-state index contributed by atoms with van der Waals surface area (Å²) in [6, 6.07) is 0. The number of ketones is 1. The Morgan fingerprint density at radius 3 is 2.58 bits per heavy atom. The summed E-state index contributed by atoms with van der Waals surface area (Å²) in [4.78, 5) is 23.4. The Labute approximate surface area is 157 Å². The van der Waals surface area contributed by atoms with Gasteiger partial charge in [-0.3, -0.25) is 9.59 Å². The van der Waals surface area contributed by atoms with Crippen molar-refractivity contribution in [2.24, 2.45) is 34.5 Å². The van der Waals surface area contributed by atoms with Crippen LogP contribution in [0.2, 0.25) is 0 Å². The van der Waals surface area contributed by atoms with Crippen LogP contribution in [-0.4, -0.2) is 28.9 Å². The van der Waals surface area contributed by atoms with Gasteiger partial charge in [0.15, 0.2) is 0 Å².